The molecule has 2 aliphatic rings. The number of carbonyl (C=O) groups is 2. The molecule has 4 heteroatoms. The van der Waals surface area contributed by atoms with E-state index in [1.54, 1.807) is 4.90 Å². The second-order valence-corrected chi connectivity index (χ2v) is 3.83. The lowest BCUT2D eigenvalue weighted by Gasteiger charge is -2.27. The van der Waals surface area contributed by atoms with Crippen molar-refractivity contribution in [3.63, 3.8) is 0 Å². The minimum Gasteiger partial charge on any atom is -0.331 e. The molecule has 1 amide bonds. The Kier molecular flexibility index (Phi) is 1.64. The summed E-state index contributed by atoms with van der Waals surface area (Å²) in [6, 6.07) is -0.0822. The number of amides is 1. The summed E-state index contributed by atoms with van der Waals surface area (Å²) in [6.07, 6.45) is 1.86. The molecule has 0 spiro atoms. The molecule has 2 saturated heterocycles. The first-order valence-electron chi connectivity index (χ1n) is 3.75. The second kappa shape index (κ2) is 2.52. The van der Waals surface area contributed by atoms with E-state index in [9.17, 15) is 9.59 Å². The van der Waals surface area contributed by atoms with Crippen molar-refractivity contribution in [2.24, 2.45) is 0 Å². The zero-order valence-electron chi connectivity index (χ0n) is 6.08. The van der Waals surface area contributed by atoms with Crippen molar-refractivity contribution < 1.29 is 9.59 Å². The van der Waals surface area contributed by atoms with E-state index in [0.29, 0.717) is 5.75 Å². The first-order chi connectivity index (χ1) is 5.29. The molecule has 0 aromatic rings. The van der Waals surface area contributed by atoms with Gasteiger partial charge in [0.25, 0.3) is 0 Å². The quantitative estimate of drug-likeness (QED) is 0.524. The topological polar surface area (TPSA) is 37.4 Å². The summed E-state index contributed by atoms with van der Waals surface area (Å²) >= 11 is 1.17. The van der Waals surface area contributed by atoms with E-state index >= 15 is 0 Å². The van der Waals surface area contributed by atoms with Crippen LogP contribution in [0.25, 0.3) is 0 Å². The van der Waals surface area contributed by atoms with Crippen LogP contribution in [0.2, 0.25) is 0 Å². The molecule has 0 saturated carbocycles. The number of hydrogen-bond donors (Lipinski definition) is 0. The maximum atomic E-state index is 11.2. The van der Waals surface area contributed by atoms with E-state index in [1.807, 2.05) is 0 Å². The first kappa shape index (κ1) is 7.16. The SMILES string of the molecule is O=C1SCC(=O)N2CCCC12. The van der Waals surface area contributed by atoms with E-state index in [2.05, 4.69) is 0 Å². The molecule has 11 heavy (non-hydrogen) atoms. The van der Waals surface area contributed by atoms with Crippen molar-refractivity contribution in [2.45, 2.75) is 18.9 Å². The van der Waals surface area contributed by atoms with E-state index < -0.39 is 0 Å². The number of rotatable bonds is 0. The molecular weight excluding hydrogens is 162 g/mol. The van der Waals surface area contributed by atoms with Crippen LogP contribution in [0.5, 0.6) is 0 Å². The van der Waals surface area contributed by atoms with Gasteiger partial charge in [0.1, 0.15) is 6.04 Å². The van der Waals surface area contributed by atoms with Crippen LogP contribution >= 0.6 is 11.8 Å². The van der Waals surface area contributed by atoms with Crippen LogP contribution in [0, 0.1) is 0 Å². The van der Waals surface area contributed by atoms with Gasteiger partial charge in [-0.25, -0.2) is 0 Å². The van der Waals surface area contributed by atoms with Crippen LogP contribution < -0.4 is 0 Å². The largest absolute Gasteiger partial charge is 0.331 e. The molecule has 0 aromatic heterocycles. The molecule has 0 aromatic carbocycles. The number of carbonyl (C=O) groups excluding carboxylic acids is 2. The molecule has 60 valence electrons. The smallest absolute Gasteiger partial charge is 0.233 e. The van der Waals surface area contributed by atoms with Gasteiger partial charge in [-0.2, -0.15) is 0 Å². The fourth-order valence-corrected chi connectivity index (χ4v) is 2.49. The molecule has 0 bridgehead atoms. The van der Waals surface area contributed by atoms with Gasteiger partial charge in [-0.05, 0) is 12.8 Å². The van der Waals surface area contributed by atoms with Gasteiger partial charge in [0.05, 0.1) is 5.75 Å². The van der Waals surface area contributed by atoms with Crippen LogP contribution in [-0.4, -0.2) is 34.3 Å². The van der Waals surface area contributed by atoms with E-state index in [0.717, 1.165) is 19.4 Å². The lowest BCUT2D eigenvalue weighted by Crippen LogP contribution is -2.44. The minimum absolute atomic E-state index is 0.0822. The van der Waals surface area contributed by atoms with Crippen molar-refractivity contribution in [2.75, 3.05) is 12.3 Å². The Balaban J connectivity index is 2.20. The molecule has 3 nitrogen and oxygen atoms in total. The number of thioether (sulfide) groups is 1. The first-order valence-corrected chi connectivity index (χ1v) is 4.74. The highest BCUT2D eigenvalue weighted by atomic mass is 32.2. The predicted octanol–water partition coefficient (Wildman–Crippen LogP) is 0.251. The Labute approximate surface area is 69.1 Å². The highest BCUT2D eigenvalue weighted by Gasteiger charge is 2.37. The molecule has 1 atom stereocenters. The van der Waals surface area contributed by atoms with Gasteiger partial charge in [-0.3, -0.25) is 9.59 Å². The molecule has 2 heterocycles. The van der Waals surface area contributed by atoms with Gasteiger partial charge in [0.15, 0.2) is 0 Å². The normalized spacial score (nSPS) is 30.9. The van der Waals surface area contributed by atoms with Crippen molar-refractivity contribution in [1.29, 1.82) is 0 Å². The standard InChI is InChI=1S/C7H9NO2S/c9-6-4-11-7(10)5-2-1-3-8(5)6/h5H,1-4H2. The summed E-state index contributed by atoms with van der Waals surface area (Å²) in [5, 5.41) is 0.183. The van der Waals surface area contributed by atoms with E-state index in [1.165, 1.54) is 11.8 Å². The summed E-state index contributed by atoms with van der Waals surface area (Å²) in [6.45, 7) is 0.788. The van der Waals surface area contributed by atoms with Crippen molar-refractivity contribution in [3.05, 3.63) is 0 Å². The summed E-state index contributed by atoms with van der Waals surface area (Å²) in [5.41, 5.74) is 0. The Morgan fingerprint density at radius 3 is 3.00 bits per heavy atom. The summed E-state index contributed by atoms with van der Waals surface area (Å²) < 4.78 is 0. The zero-order chi connectivity index (χ0) is 7.84. The van der Waals surface area contributed by atoms with Crippen LogP contribution in [0.15, 0.2) is 0 Å². The Bertz CT molecular complexity index is 194. The number of hydrogen-bond acceptors (Lipinski definition) is 3. The average Bonchev–Trinajstić information content (AvgIpc) is 2.45. The van der Waals surface area contributed by atoms with Gasteiger partial charge < -0.3 is 4.90 Å². The van der Waals surface area contributed by atoms with Crippen LogP contribution in [0.3, 0.4) is 0 Å². The van der Waals surface area contributed by atoms with Crippen molar-refractivity contribution in [1.82, 2.24) is 4.90 Å². The molecule has 2 fully saturated rings. The Hall–Kier alpha value is -0.510. The van der Waals surface area contributed by atoms with Gasteiger partial charge in [-0.15, -0.1) is 0 Å². The van der Waals surface area contributed by atoms with Gasteiger partial charge >= 0.3 is 0 Å². The second-order valence-electron chi connectivity index (χ2n) is 2.85. The third-order valence-corrected chi connectivity index (χ3v) is 3.13. The summed E-state index contributed by atoms with van der Waals surface area (Å²) in [4.78, 5) is 24.1. The third kappa shape index (κ3) is 1.05. The lowest BCUT2D eigenvalue weighted by molar-refractivity contribution is -0.133. The summed E-state index contributed by atoms with van der Waals surface area (Å²) in [7, 11) is 0. The minimum atomic E-state index is -0.0822. The van der Waals surface area contributed by atoms with Crippen LogP contribution in [0.1, 0.15) is 12.8 Å². The fourth-order valence-electron chi connectivity index (χ4n) is 1.62. The lowest BCUT2D eigenvalue weighted by atomic mass is 10.2. The third-order valence-electron chi connectivity index (χ3n) is 2.18. The molecule has 1 unspecified atom stereocenters. The molecular formula is C7H9NO2S. The van der Waals surface area contributed by atoms with Gasteiger partial charge in [0.2, 0.25) is 11.0 Å². The molecule has 2 aliphatic heterocycles. The van der Waals surface area contributed by atoms with Gasteiger partial charge in [0, 0.05) is 6.54 Å². The predicted molar refractivity (Wildman–Crippen MR) is 42.2 cm³/mol. The maximum absolute atomic E-state index is 11.2. The molecule has 0 radical (unpaired) electrons. The van der Waals surface area contributed by atoms with E-state index in [-0.39, 0.29) is 17.1 Å². The Morgan fingerprint density at radius 2 is 2.27 bits per heavy atom. The molecule has 0 aliphatic carbocycles. The number of fused-ring (bicyclic) bond motifs is 1. The monoisotopic (exact) mass is 171 g/mol. The number of nitrogens with zero attached hydrogens (tertiary/aromatic N) is 1. The Morgan fingerprint density at radius 1 is 1.45 bits per heavy atom. The zero-order valence-corrected chi connectivity index (χ0v) is 6.89. The maximum Gasteiger partial charge on any atom is 0.233 e. The van der Waals surface area contributed by atoms with Crippen LogP contribution in [0.4, 0.5) is 0 Å². The molecule has 0 N–H and O–H groups in total. The average molecular weight is 171 g/mol. The van der Waals surface area contributed by atoms with Crippen LogP contribution in [-0.2, 0) is 9.59 Å². The highest BCUT2D eigenvalue weighted by molar-refractivity contribution is 8.14. The summed E-state index contributed by atoms with van der Waals surface area (Å²) in [5.74, 6) is 0.493. The highest BCUT2D eigenvalue weighted by Crippen LogP contribution is 2.27. The van der Waals surface area contributed by atoms with Crippen molar-refractivity contribution >= 4 is 22.8 Å². The molecule has 2 rings (SSSR count). The van der Waals surface area contributed by atoms with Gasteiger partial charge in [-0.1, -0.05) is 11.8 Å². The fraction of sp³-hybridized carbons (Fsp3) is 0.714. The van der Waals surface area contributed by atoms with Crippen molar-refractivity contribution in [3.8, 4) is 0 Å². The van der Waals surface area contributed by atoms with E-state index in [4.69, 9.17) is 0 Å².